The van der Waals surface area contributed by atoms with E-state index in [-0.39, 0.29) is 12.0 Å². The van der Waals surface area contributed by atoms with Gasteiger partial charge in [0.25, 0.3) is 0 Å². The van der Waals surface area contributed by atoms with Crippen molar-refractivity contribution < 1.29 is 23.4 Å². The van der Waals surface area contributed by atoms with E-state index in [2.05, 4.69) is 0 Å². The summed E-state index contributed by atoms with van der Waals surface area (Å²) in [5.41, 5.74) is 2.15. The molecule has 0 aliphatic heterocycles. The minimum atomic E-state index is -0.772. The van der Waals surface area contributed by atoms with Gasteiger partial charge in [0.1, 0.15) is 30.0 Å². The normalized spacial score (nSPS) is 11.7. The van der Waals surface area contributed by atoms with Crippen LogP contribution in [-0.4, -0.2) is 19.2 Å². The fraction of sp³-hybridized carbons (Fsp3) is 0.185. The average molecular weight is 444 g/mol. The lowest BCUT2D eigenvalue weighted by atomic mass is 10.0. The van der Waals surface area contributed by atoms with Gasteiger partial charge in [-0.15, -0.1) is 0 Å². The largest absolute Gasteiger partial charge is 0.496 e. The van der Waals surface area contributed by atoms with Crippen LogP contribution in [-0.2, 0) is 16.1 Å². The first kappa shape index (κ1) is 22.1. The molecule has 0 aliphatic rings. The summed E-state index contributed by atoms with van der Waals surface area (Å²) in [6.07, 6.45) is 1.07. The van der Waals surface area contributed by atoms with E-state index in [0.29, 0.717) is 40.0 Å². The van der Waals surface area contributed by atoms with Gasteiger partial charge in [-0.3, -0.25) is 4.79 Å². The average Bonchev–Trinajstić information content (AvgIpc) is 2.86. The van der Waals surface area contributed by atoms with Gasteiger partial charge >= 0.3 is 5.97 Å². The molecule has 0 amide bonds. The number of fused-ring (bicyclic) bond motifs is 1. The maximum absolute atomic E-state index is 13.1. The summed E-state index contributed by atoms with van der Waals surface area (Å²) in [5, 5.41) is 0.408. The summed E-state index contributed by atoms with van der Waals surface area (Å²) < 4.78 is 22.4. The first-order valence-electron chi connectivity index (χ1n) is 10.7. The van der Waals surface area contributed by atoms with Gasteiger partial charge in [0.2, 0.25) is 5.43 Å². The summed E-state index contributed by atoms with van der Waals surface area (Å²) in [6.45, 7) is 2.02. The lowest BCUT2D eigenvalue weighted by molar-refractivity contribution is -0.153. The zero-order chi connectivity index (χ0) is 23.2. The molecule has 1 atom stereocenters. The van der Waals surface area contributed by atoms with Gasteiger partial charge in [-0.2, -0.15) is 0 Å². The zero-order valence-corrected chi connectivity index (χ0v) is 18.4. The van der Waals surface area contributed by atoms with E-state index < -0.39 is 12.1 Å². The Balaban J connectivity index is 1.54. The topological polar surface area (TPSA) is 75.0 Å². The molecule has 0 fully saturated rings. The fourth-order valence-corrected chi connectivity index (χ4v) is 3.52. The van der Waals surface area contributed by atoms with Crippen LogP contribution in [0.5, 0.6) is 11.5 Å². The summed E-state index contributed by atoms with van der Waals surface area (Å²) in [4.78, 5) is 25.6. The Morgan fingerprint density at radius 2 is 1.73 bits per heavy atom. The Morgan fingerprint density at radius 3 is 2.48 bits per heavy atom. The minimum Gasteiger partial charge on any atom is -0.496 e. The number of methoxy groups -OCH3 is 1. The van der Waals surface area contributed by atoms with Gasteiger partial charge in [0.05, 0.1) is 18.1 Å². The molecule has 0 saturated carbocycles. The third kappa shape index (κ3) is 4.90. The van der Waals surface area contributed by atoms with Crippen molar-refractivity contribution in [2.45, 2.75) is 26.1 Å². The van der Waals surface area contributed by atoms with Crippen LogP contribution in [0.15, 0.2) is 88.3 Å². The highest BCUT2D eigenvalue weighted by atomic mass is 16.6. The zero-order valence-electron chi connectivity index (χ0n) is 18.4. The molecule has 3 aromatic carbocycles. The first-order chi connectivity index (χ1) is 16.1. The fourth-order valence-electron chi connectivity index (χ4n) is 3.52. The molecule has 6 heteroatoms. The molecule has 4 rings (SSSR count). The van der Waals surface area contributed by atoms with Gasteiger partial charge in [0.15, 0.2) is 6.10 Å². The van der Waals surface area contributed by atoms with E-state index >= 15 is 0 Å². The van der Waals surface area contributed by atoms with E-state index in [1.165, 1.54) is 6.26 Å². The van der Waals surface area contributed by atoms with Crippen LogP contribution in [0.25, 0.3) is 22.1 Å². The van der Waals surface area contributed by atoms with Crippen molar-refractivity contribution in [3.05, 3.63) is 94.8 Å². The summed E-state index contributed by atoms with van der Waals surface area (Å²) in [5.74, 6) is 0.553. The van der Waals surface area contributed by atoms with Crippen molar-refractivity contribution >= 4 is 16.9 Å². The summed E-state index contributed by atoms with van der Waals surface area (Å²) >= 11 is 0. The number of para-hydroxylation sites is 1. The maximum atomic E-state index is 13.1. The van der Waals surface area contributed by atoms with Gasteiger partial charge < -0.3 is 18.6 Å². The Labute approximate surface area is 191 Å². The molecule has 33 heavy (non-hydrogen) atoms. The van der Waals surface area contributed by atoms with Crippen LogP contribution in [0, 0.1) is 0 Å². The van der Waals surface area contributed by atoms with Crippen molar-refractivity contribution in [2.24, 2.45) is 0 Å². The predicted molar refractivity (Wildman–Crippen MR) is 125 cm³/mol. The summed E-state index contributed by atoms with van der Waals surface area (Å²) in [7, 11) is 1.56. The number of rotatable bonds is 8. The second kappa shape index (κ2) is 10.0. The number of carbonyl (C=O) groups is 1. The quantitative estimate of drug-likeness (QED) is 0.340. The van der Waals surface area contributed by atoms with Crippen LogP contribution in [0.4, 0.5) is 0 Å². The highest BCUT2D eigenvalue weighted by Gasteiger charge is 2.21. The van der Waals surface area contributed by atoms with Crippen molar-refractivity contribution in [1.82, 2.24) is 0 Å². The number of hydrogen-bond acceptors (Lipinski definition) is 6. The molecule has 168 valence electrons. The number of benzene rings is 3. The number of esters is 1. The lowest BCUT2D eigenvalue weighted by Crippen LogP contribution is -2.28. The number of hydrogen-bond donors (Lipinski definition) is 0. The monoisotopic (exact) mass is 444 g/mol. The van der Waals surface area contributed by atoms with E-state index in [1.54, 1.807) is 37.4 Å². The minimum absolute atomic E-state index is 0.178. The van der Waals surface area contributed by atoms with Crippen molar-refractivity contribution in [1.29, 1.82) is 0 Å². The molecule has 0 spiro atoms. The second-order valence-corrected chi connectivity index (χ2v) is 7.44. The molecule has 4 aromatic rings. The molecule has 0 unspecified atom stereocenters. The van der Waals surface area contributed by atoms with E-state index in [4.69, 9.17) is 18.6 Å². The third-order valence-corrected chi connectivity index (χ3v) is 5.28. The molecule has 0 aliphatic carbocycles. The second-order valence-electron chi connectivity index (χ2n) is 7.44. The number of carbonyl (C=O) groups excluding carboxylic acids is 1. The van der Waals surface area contributed by atoms with Crippen LogP contribution in [0.2, 0.25) is 0 Å². The molecule has 0 N–H and O–H groups in total. The molecule has 1 aromatic heterocycles. The Morgan fingerprint density at radius 1 is 0.970 bits per heavy atom. The lowest BCUT2D eigenvalue weighted by Gasteiger charge is -2.17. The third-order valence-electron chi connectivity index (χ3n) is 5.28. The molecular formula is C27H24O6. The van der Waals surface area contributed by atoms with Crippen molar-refractivity contribution in [3.8, 4) is 22.6 Å². The van der Waals surface area contributed by atoms with E-state index in [0.717, 1.165) is 5.56 Å². The van der Waals surface area contributed by atoms with Crippen LogP contribution in [0.3, 0.4) is 0 Å². The van der Waals surface area contributed by atoms with Crippen LogP contribution in [0.1, 0.15) is 18.9 Å². The number of ether oxygens (including phenoxy) is 3. The van der Waals surface area contributed by atoms with Gasteiger partial charge in [-0.25, -0.2) is 4.79 Å². The SMILES string of the molecule is CC[C@@H](Oc1ccc2c(=O)c(-c3ccccc3OC)coc2c1)C(=O)OCc1ccccc1. The Kier molecular flexibility index (Phi) is 6.74. The molecule has 0 radical (unpaired) electrons. The van der Waals surface area contributed by atoms with Gasteiger partial charge in [-0.1, -0.05) is 55.5 Å². The van der Waals surface area contributed by atoms with E-state index in [9.17, 15) is 9.59 Å². The van der Waals surface area contributed by atoms with Crippen molar-refractivity contribution in [3.63, 3.8) is 0 Å². The van der Waals surface area contributed by atoms with E-state index in [1.807, 2.05) is 49.4 Å². The molecule has 0 saturated heterocycles. The van der Waals surface area contributed by atoms with Gasteiger partial charge in [-0.05, 0) is 30.2 Å². The Bertz CT molecular complexity index is 1310. The van der Waals surface area contributed by atoms with Crippen LogP contribution >= 0.6 is 0 Å². The van der Waals surface area contributed by atoms with Crippen molar-refractivity contribution in [2.75, 3.05) is 7.11 Å². The van der Waals surface area contributed by atoms with Crippen LogP contribution < -0.4 is 14.9 Å². The smallest absolute Gasteiger partial charge is 0.347 e. The Hall–Kier alpha value is -4.06. The maximum Gasteiger partial charge on any atom is 0.347 e. The highest BCUT2D eigenvalue weighted by molar-refractivity contribution is 5.84. The molecular weight excluding hydrogens is 420 g/mol. The first-order valence-corrected chi connectivity index (χ1v) is 10.7. The van der Waals surface area contributed by atoms with Gasteiger partial charge in [0, 0.05) is 11.6 Å². The predicted octanol–water partition coefficient (Wildman–Crippen LogP) is 5.37. The molecule has 6 nitrogen and oxygen atoms in total. The molecule has 1 heterocycles. The molecule has 0 bridgehead atoms. The highest BCUT2D eigenvalue weighted by Crippen LogP contribution is 2.29. The summed E-state index contributed by atoms with van der Waals surface area (Å²) in [6, 6.07) is 21.6. The standard InChI is InChI=1S/C27H24O6/c1-3-23(27(29)32-16-18-9-5-4-6-10-18)33-19-13-14-21-25(15-19)31-17-22(26(21)28)20-11-7-8-12-24(20)30-2/h4-15,17,23H,3,16H2,1-2H3/t23-/m1/s1.